The van der Waals surface area contributed by atoms with Crippen LogP contribution < -0.4 is 4.74 Å². The van der Waals surface area contributed by atoms with Crippen molar-refractivity contribution in [3.63, 3.8) is 0 Å². The SMILES string of the molecule is COc1ccc2c(ccn2Cc2c(C)cc(C)cc2C)c1. The highest BCUT2D eigenvalue weighted by Crippen LogP contribution is 2.24. The summed E-state index contributed by atoms with van der Waals surface area (Å²) in [6.07, 6.45) is 2.16. The van der Waals surface area contributed by atoms with E-state index in [0.29, 0.717) is 0 Å². The zero-order valence-electron chi connectivity index (χ0n) is 13.1. The van der Waals surface area contributed by atoms with Crippen LogP contribution >= 0.6 is 0 Å². The van der Waals surface area contributed by atoms with E-state index in [9.17, 15) is 0 Å². The number of hydrogen-bond donors (Lipinski definition) is 0. The van der Waals surface area contributed by atoms with Crippen molar-refractivity contribution < 1.29 is 4.74 Å². The molecule has 2 nitrogen and oxygen atoms in total. The minimum Gasteiger partial charge on any atom is -0.497 e. The first-order valence-corrected chi connectivity index (χ1v) is 7.28. The molecule has 0 spiro atoms. The Hall–Kier alpha value is -2.22. The minimum atomic E-state index is 0.906. The van der Waals surface area contributed by atoms with E-state index in [-0.39, 0.29) is 0 Å². The molecule has 2 heteroatoms. The summed E-state index contributed by atoms with van der Waals surface area (Å²) in [5.74, 6) is 0.906. The first kappa shape index (κ1) is 13.7. The molecule has 0 N–H and O–H groups in total. The zero-order valence-corrected chi connectivity index (χ0v) is 13.1. The van der Waals surface area contributed by atoms with Gasteiger partial charge in [-0.3, -0.25) is 0 Å². The fourth-order valence-corrected chi connectivity index (χ4v) is 3.07. The molecule has 0 atom stereocenters. The predicted molar refractivity (Wildman–Crippen MR) is 88.2 cm³/mol. The number of rotatable bonds is 3. The van der Waals surface area contributed by atoms with Crippen LogP contribution in [0, 0.1) is 20.8 Å². The van der Waals surface area contributed by atoms with Crippen molar-refractivity contribution in [1.82, 2.24) is 4.57 Å². The van der Waals surface area contributed by atoms with Gasteiger partial charge in [0.15, 0.2) is 0 Å². The van der Waals surface area contributed by atoms with E-state index in [1.54, 1.807) is 7.11 Å². The third-order valence-electron chi connectivity index (χ3n) is 4.15. The summed E-state index contributed by atoms with van der Waals surface area (Å²) in [5, 5.41) is 1.22. The standard InChI is InChI=1S/C19H21NO/c1-13-9-14(2)18(15(3)10-13)12-20-8-7-16-11-17(21-4)5-6-19(16)20/h5-11H,12H2,1-4H3. The molecule has 0 fully saturated rings. The van der Waals surface area contributed by atoms with Crippen molar-refractivity contribution in [1.29, 1.82) is 0 Å². The Morgan fingerprint density at radius 3 is 2.33 bits per heavy atom. The van der Waals surface area contributed by atoms with Gasteiger partial charge in [0.25, 0.3) is 0 Å². The molecule has 21 heavy (non-hydrogen) atoms. The van der Waals surface area contributed by atoms with Gasteiger partial charge in [0, 0.05) is 23.6 Å². The van der Waals surface area contributed by atoms with Crippen molar-refractivity contribution >= 4 is 10.9 Å². The molecule has 0 saturated carbocycles. The van der Waals surface area contributed by atoms with Crippen molar-refractivity contribution in [3.8, 4) is 5.75 Å². The van der Waals surface area contributed by atoms with Crippen LogP contribution in [0.4, 0.5) is 0 Å². The van der Waals surface area contributed by atoms with E-state index in [0.717, 1.165) is 12.3 Å². The molecule has 0 amide bonds. The maximum absolute atomic E-state index is 5.29. The van der Waals surface area contributed by atoms with E-state index >= 15 is 0 Å². The summed E-state index contributed by atoms with van der Waals surface area (Å²) in [6, 6.07) is 12.9. The smallest absolute Gasteiger partial charge is 0.119 e. The van der Waals surface area contributed by atoms with Gasteiger partial charge in [-0.25, -0.2) is 0 Å². The zero-order chi connectivity index (χ0) is 15.0. The van der Waals surface area contributed by atoms with Gasteiger partial charge in [0.05, 0.1) is 7.11 Å². The van der Waals surface area contributed by atoms with Crippen molar-refractivity contribution in [2.75, 3.05) is 7.11 Å². The first-order chi connectivity index (χ1) is 10.1. The Morgan fingerprint density at radius 1 is 0.952 bits per heavy atom. The molecule has 3 rings (SSSR count). The van der Waals surface area contributed by atoms with E-state index in [1.807, 2.05) is 6.07 Å². The predicted octanol–water partition coefficient (Wildman–Crippen LogP) is 4.62. The van der Waals surface area contributed by atoms with Crippen molar-refractivity contribution in [2.24, 2.45) is 0 Å². The number of aromatic nitrogens is 1. The number of hydrogen-bond acceptors (Lipinski definition) is 1. The molecule has 0 aliphatic carbocycles. The molecule has 108 valence electrons. The van der Waals surface area contributed by atoms with Crippen LogP contribution in [0.15, 0.2) is 42.6 Å². The van der Waals surface area contributed by atoms with Crippen LogP contribution in [-0.2, 0) is 6.54 Å². The molecular weight excluding hydrogens is 258 g/mol. The molecule has 1 heterocycles. The molecular formula is C19H21NO. The van der Waals surface area contributed by atoms with Crippen LogP contribution in [0.5, 0.6) is 5.75 Å². The molecule has 1 aromatic heterocycles. The van der Waals surface area contributed by atoms with Gasteiger partial charge >= 0.3 is 0 Å². The minimum absolute atomic E-state index is 0.906. The number of methoxy groups -OCH3 is 1. The van der Waals surface area contributed by atoms with Crippen LogP contribution in [-0.4, -0.2) is 11.7 Å². The Balaban J connectivity index is 2.03. The lowest BCUT2D eigenvalue weighted by Gasteiger charge is -2.13. The summed E-state index contributed by atoms with van der Waals surface area (Å²) in [6.45, 7) is 7.46. The van der Waals surface area contributed by atoms with Gasteiger partial charge in [-0.15, -0.1) is 0 Å². The fraction of sp³-hybridized carbons (Fsp3) is 0.263. The lowest BCUT2D eigenvalue weighted by molar-refractivity contribution is 0.415. The molecule has 0 aliphatic rings. The molecule has 3 aromatic rings. The molecule has 2 aromatic carbocycles. The maximum Gasteiger partial charge on any atom is 0.119 e. The topological polar surface area (TPSA) is 14.2 Å². The Bertz CT molecular complexity index is 775. The summed E-state index contributed by atoms with van der Waals surface area (Å²) in [7, 11) is 1.71. The quantitative estimate of drug-likeness (QED) is 0.682. The van der Waals surface area contributed by atoms with Gasteiger partial charge in [-0.05, 0) is 61.7 Å². The second-order valence-electron chi connectivity index (χ2n) is 5.75. The highest BCUT2D eigenvalue weighted by molar-refractivity contribution is 5.81. The highest BCUT2D eigenvalue weighted by atomic mass is 16.5. The number of fused-ring (bicyclic) bond motifs is 1. The fourth-order valence-electron chi connectivity index (χ4n) is 3.07. The summed E-state index contributed by atoms with van der Waals surface area (Å²) < 4.78 is 7.60. The van der Waals surface area contributed by atoms with Crippen LogP contribution in [0.2, 0.25) is 0 Å². The third-order valence-corrected chi connectivity index (χ3v) is 4.15. The van der Waals surface area contributed by atoms with E-state index < -0.39 is 0 Å². The Morgan fingerprint density at radius 2 is 1.67 bits per heavy atom. The molecule has 0 unspecified atom stereocenters. The average molecular weight is 279 g/mol. The summed E-state index contributed by atoms with van der Waals surface area (Å²) in [5.41, 5.74) is 6.71. The molecule has 0 bridgehead atoms. The van der Waals surface area contributed by atoms with Crippen molar-refractivity contribution in [3.05, 3.63) is 64.8 Å². The van der Waals surface area contributed by atoms with E-state index in [1.165, 1.54) is 33.2 Å². The second-order valence-corrected chi connectivity index (χ2v) is 5.75. The summed E-state index contributed by atoms with van der Waals surface area (Å²) in [4.78, 5) is 0. The molecule has 0 radical (unpaired) electrons. The van der Waals surface area contributed by atoms with Gasteiger partial charge < -0.3 is 9.30 Å². The van der Waals surface area contributed by atoms with Crippen LogP contribution in [0.3, 0.4) is 0 Å². The van der Waals surface area contributed by atoms with Crippen molar-refractivity contribution in [2.45, 2.75) is 27.3 Å². The van der Waals surface area contributed by atoms with Gasteiger partial charge in [0.2, 0.25) is 0 Å². The Labute approximate surface area is 126 Å². The maximum atomic E-state index is 5.29. The normalized spacial score (nSPS) is 11.0. The summed E-state index contributed by atoms with van der Waals surface area (Å²) >= 11 is 0. The van der Waals surface area contributed by atoms with Crippen LogP contribution in [0.1, 0.15) is 22.3 Å². The van der Waals surface area contributed by atoms with Gasteiger partial charge in [-0.1, -0.05) is 17.7 Å². The third kappa shape index (κ3) is 2.54. The lowest BCUT2D eigenvalue weighted by atomic mass is 10.00. The number of benzene rings is 2. The molecule has 0 saturated heterocycles. The molecule has 0 aliphatic heterocycles. The Kier molecular flexibility index (Phi) is 3.46. The van der Waals surface area contributed by atoms with E-state index in [2.05, 4.69) is 61.9 Å². The lowest BCUT2D eigenvalue weighted by Crippen LogP contribution is -2.03. The van der Waals surface area contributed by atoms with Gasteiger partial charge in [-0.2, -0.15) is 0 Å². The number of ether oxygens (including phenoxy) is 1. The number of nitrogens with zero attached hydrogens (tertiary/aromatic N) is 1. The van der Waals surface area contributed by atoms with Gasteiger partial charge in [0.1, 0.15) is 5.75 Å². The first-order valence-electron chi connectivity index (χ1n) is 7.28. The van der Waals surface area contributed by atoms with Crippen LogP contribution in [0.25, 0.3) is 10.9 Å². The number of aryl methyl sites for hydroxylation is 3. The average Bonchev–Trinajstić information content (AvgIpc) is 2.84. The highest BCUT2D eigenvalue weighted by Gasteiger charge is 2.07. The monoisotopic (exact) mass is 279 g/mol. The van der Waals surface area contributed by atoms with E-state index in [4.69, 9.17) is 4.74 Å². The second kappa shape index (κ2) is 5.28. The largest absolute Gasteiger partial charge is 0.497 e.